The van der Waals surface area contributed by atoms with Crippen LogP contribution in [0, 0.1) is 0 Å². The summed E-state index contributed by atoms with van der Waals surface area (Å²) in [6.07, 6.45) is 4.21. The van der Waals surface area contributed by atoms with E-state index < -0.39 is 5.79 Å². The number of hydrogen-bond donors (Lipinski definition) is 2. The van der Waals surface area contributed by atoms with Gasteiger partial charge in [-0.3, -0.25) is 0 Å². The van der Waals surface area contributed by atoms with Crippen LogP contribution in [0.3, 0.4) is 0 Å². The van der Waals surface area contributed by atoms with E-state index in [4.69, 9.17) is 10.2 Å². The molecule has 0 unspecified atom stereocenters. The molecule has 0 heterocycles. The van der Waals surface area contributed by atoms with Gasteiger partial charge in [0, 0.05) is 12.8 Å². The summed E-state index contributed by atoms with van der Waals surface area (Å²) in [6, 6.07) is 0. The van der Waals surface area contributed by atoms with Gasteiger partial charge < -0.3 is 10.2 Å². The first-order valence-electron chi connectivity index (χ1n) is 3.15. The standard InChI is InChI=1S/C6H12O2.ClH/c7-6(8)4-2-1-3-5-6;/h7-8H,1-5H2;1H. The van der Waals surface area contributed by atoms with Gasteiger partial charge in [-0.15, -0.1) is 12.4 Å². The molecule has 1 saturated carbocycles. The van der Waals surface area contributed by atoms with Crippen molar-refractivity contribution in [2.45, 2.75) is 37.9 Å². The molecule has 0 amide bonds. The Morgan fingerprint density at radius 2 is 1.33 bits per heavy atom. The molecule has 0 bridgehead atoms. The Morgan fingerprint density at radius 3 is 1.56 bits per heavy atom. The second-order valence-corrected chi connectivity index (χ2v) is 2.54. The minimum atomic E-state index is -1.32. The molecule has 0 aromatic heterocycles. The van der Waals surface area contributed by atoms with Crippen molar-refractivity contribution >= 4 is 12.4 Å². The SMILES string of the molecule is Cl.OC1(O)CCCCC1. The molecule has 0 spiro atoms. The molecule has 1 fully saturated rings. The molecule has 2 N–H and O–H groups in total. The first kappa shape index (κ1) is 9.21. The van der Waals surface area contributed by atoms with Crippen LogP contribution in [-0.4, -0.2) is 16.0 Å². The van der Waals surface area contributed by atoms with Crippen LogP contribution in [-0.2, 0) is 0 Å². The topological polar surface area (TPSA) is 40.5 Å². The predicted molar refractivity (Wildman–Crippen MR) is 37.5 cm³/mol. The average Bonchev–Trinajstić information content (AvgIpc) is 1.65. The second kappa shape index (κ2) is 3.40. The Hall–Kier alpha value is 0.210. The summed E-state index contributed by atoms with van der Waals surface area (Å²) in [5.74, 6) is -1.32. The number of halogens is 1. The highest BCUT2D eigenvalue weighted by Crippen LogP contribution is 2.24. The summed E-state index contributed by atoms with van der Waals surface area (Å²) in [5, 5.41) is 17.9. The number of rotatable bonds is 0. The van der Waals surface area contributed by atoms with Gasteiger partial charge in [0.25, 0.3) is 0 Å². The Bertz CT molecular complexity index is 75.1. The first-order valence-corrected chi connectivity index (χ1v) is 3.15. The zero-order valence-corrected chi connectivity index (χ0v) is 6.15. The van der Waals surface area contributed by atoms with Crippen molar-refractivity contribution in [3.05, 3.63) is 0 Å². The van der Waals surface area contributed by atoms with Gasteiger partial charge in [0.2, 0.25) is 0 Å². The van der Waals surface area contributed by atoms with E-state index in [2.05, 4.69) is 0 Å². The van der Waals surface area contributed by atoms with Crippen LogP contribution in [0.15, 0.2) is 0 Å². The zero-order valence-electron chi connectivity index (χ0n) is 5.34. The van der Waals surface area contributed by atoms with E-state index in [1.54, 1.807) is 0 Å². The monoisotopic (exact) mass is 152 g/mol. The Kier molecular flexibility index (Phi) is 3.48. The third-order valence-corrected chi connectivity index (χ3v) is 1.65. The van der Waals surface area contributed by atoms with E-state index in [0.29, 0.717) is 12.8 Å². The van der Waals surface area contributed by atoms with Crippen molar-refractivity contribution < 1.29 is 10.2 Å². The zero-order chi connectivity index (χ0) is 6.04. The van der Waals surface area contributed by atoms with Crippen molar-refractivity contribution in [1.29, 1.82) is 0 Å². The molecule has 1 aliphatic carbocycles. The summed E-state index contributed by atoms with van der Waals surface area (Å²) in [7, 11) is 0. The Morgan fingerprint density at radius 1 is 0.889 bits per heavy atom. The smallest absolute Gasteiger partial charge is 0.162 e. The third kappa shape index (κ3) is 3.04. The van der Waals surface area contributed by atoms with Crippen molar-refractivity contribution in [1.82, 2.24) is 0 Å². The lowest BCUT2D eigenvalue weighted by Crippen LogP contribution is -2.30. The van der Waals surface area contributed by atoms with Crippen LogP contribution in [0.4, 0.5) is 0 Å². The minimum Gasteiger partial charge on any atom is -0.366 e. The lowest BCUT2D eigenvalue weighted by molar-refractivity contribution is -0.180. The maximum Gasteiger partial charge on any atom is 0.162 e. The van der Waals surface area contributed by atoms with Crippen LogP contribution in [0.2, 0.25) is 0 Å². The van der Waals surface area contributed by atoms with Crippen LogP contribution < -0.4 is 0 Å². The van der Waals surface area contributed by atoms with Gasteiger partial charge in [0.1, 0.15) is 0 Å². The number of aliphatic hydroxyl groups is 2. The van der Waals surface area contributed by atoms with E-state index in [0.717, 1.165) is 19.3 Å². The molecule has 0 radical (unpaired) electrons. The fraction of sp³-hybridized carbons (Fsp3) is 1.00. The molecule has 56 valence electrons. The Balaban J connectivity index is 0.000000640. The molecule has 0 aromatic carbocycles. The predicted octanol–water partition coefficient (Wildman–Crippen LogP) is 1.05. The molecule has 0 saturated heterocycles. The molecule has 9 heavy (non-hydrogen) atoms. The quantitative estimate of drug-likeness (QED) is 0.510. The Labute approximate surface area is 61.3 Å². The maximum absolute atomic E-state index is 8.93. The van der Waals surface area contributed by atoms with E-state index in [1.165, 1.54) is 0 Å². The van der Waals surface area contributed by atoms with Crippen LogP contribution in [0.5, 0.6) is 0 Å². The lowest BCUT2D eigenvalue weighted by Gasteiger charge is -2.25. The summed E-state index contributed by atoms with van der Waals surface area (Å²) in [5.41, 5.74) is 0. The summed E-state index contributed by atoms with van der Waals surface area (Å²) >= 11 is 0. The van der Waals surface area contributed by atoms with E-state index in [9.17, 15) is 0 Å². The molecule has 1 rings (SSSR count). The molecule has 3 heteroatoms. The van der Waals surface area contributed by atoms with E-state index in [1.807, 2.05) is 0 Å². The van der Waals surface area contributed by atoms with Gasteiger partial charge in [0.15, 0.2) is 5.79 Å². The van der Waals surface area contributed by atoms with Gasteiger partial charge >= 0.3 is 0 Å². The van der Waals surface area contributed by atoms with Crippen molar-refractivity contribution in [2.24, 2.45) is 0 Å². The fourth-order valence-corrected chi connectivity index (χ4v) is 1.12. The highest BCUT2D eigenvalue weighted by atomic mass is 35.5. The second-order valence-electron chi connectivity index (χ2n) is 2.54. The molecular weight excluding hydrogens is 140 g/mol. The van der Waals surface area contributed by atoms with Crippen LogP contribution in [0.1, 0.15) is 32.1 Å². The van der Waals surface area contributed by atoms with E-state index >= 15 is 0 Å². The molecular formula is C6H13ClO2. The average molecular weight is 153 g/mol. The largest absolute Gasteiger partial charge is 0.366 e. The molecule has 0 aliphatic heterocycles. The number of hydrogen-bond acceptors (Lipinski definition) is 2. The summed E-state index contributed by atoms with van der Waals surface area (Å²) < 4.78 is 0. The van der Waals surface area contributed by atoms with Gasteiger partial charge in [-0.2, -0.15) is 0 Å². The summed E-state index contributed by atoms with van der Waals surface area (Å²) in [4.78, 5) is 0. The normalized spacial score (nSPS) is 24.7. The van der Waals surface area contributed by atoms with Gasteiger partial charge in [0.05, 0.1) is 0 Å². The molecule has 2 nitrogen and oxygen atoms in total. The van der Waals surface area contributed by atoms with E-state index in [-0.39, 0.29) is 12.4 Å². The molecule has 0 aromatic rings. The van der Waals surface area contributed by atoms with Gasteiger partial charge in [-0.25, -0.2) is 0 Å². The van der Waals surface area contributed by atoms with Crippen molar-refractivity contribution in [3.8, 4) is 0 Å². The molecule has 1 aliphatic rings. The van der Waals surface area contributed by atoms with Crippen molar-refractivity contribution in [3.63, 3.8) is 0 Å². The van der Waals surface area contributed by atoms with Gasteiger partial charge in [-0.1, -0.05) is 6.42 Å². The fourth-order valence-electron chi connectivity index (χ4n) is 1.12. The lowest BCUT2D eigenvalue weighted by atomic mass is 9.95. The highest BCUT2D eigenvalue weighted by molar-refractivity contribution is 5.85. The van der Waals surface area contributed by atoms with Gasteiger partial charge in [-0.05, 0) is 12.8 Å². The maximum atomic E-state index is 8.93. The minimum absolute atomic E-state index is 0. The van der Waals surface area contributed by atoms with Crippen molar-refractivity contribution in [2.75, 3.05) is 0 Å². The highest BCUT2D eigenvalue weighted by Gasteiger charge is 2.24. The first-order chi connectivity index (χ1) is 3.71. The summed E-state index contributed by atoms with van der Waals surface area (Å²) in [6.45, 7) is 0. The molecule has 0 atom stereocenters. The third-order valence-electron chi connectivity index (χ3n) is 1.65. The van der Waals surface area contributed by atoms with Crippen LogP contribution in [0.25, 0.3) is 0 Å². The van der Waals surface area contributed by atoms with Crippen LogP contribution >= 0.6 is 12.4 Å².